The van der Waals surface area contributed by atoms with Crippen molar-refractivity contribution < 1.29 is 49.3 Å². The SMILES string of the molecule is CC/C=C/C/C=C/C/C=C/CCCCCC(O)C(=O)NC(COC1OC(CO)C(O)C(O)C1OC(=O)CCCCCCCCC/C=C/C/C=C/CC)C(O)/C=C/CCCCCCCCCCC. The number of hydrogen-bond acceptors (Lipinski definition) is 10. The van der Waals surface area contributed by atoms with Crippen molar-refractivity contribution in [2.45, 2.75) is 256 Å². The van der Waals surface area contributed by atoms with Crippen LogP contribution in [-0.4, -0.2) is 99.6 Å². The maximum Gasteiger partial charge on any atom is 0.306 e. The minimum absolute atomic E-state index is 0.109. The van der Waals surface area contributed by atoms with Crippen LogP contribution in [0.15, 0.2) is 72.9 Å². The van der Waals surface area contributed by atoms with Crippen molar-refractivity contribution in [1.29, 1.82) is 0 Å². The van der Waals surface area contributed by atoms with Crippen LogP contribution in [0.3, 0.4) is 0 Å². The van der Waals surface area contributed by atoms with Crippen LogP contribution >= 0.6 is 0 Å². The minimum Gasteiger partial charge on any atom is -0.454 e. The monoisotopic (exact) mass is 944 g/mol. The Kier molecular flexibility index (Phi) is 41.1. The Morgan fingerprint density at radius 1 is 0.597 bits per heavy atom. The molecule has 0 aromatic carbocycles. The van der Waals surface area contributed by atoms with E-state index in [0.717, 1.165) is 116 Å². The maximum atomic E-state index is 13.3. The van der Waals surface area contributed by atoms with Gasteiger partial charge in [-0.2, -0.15) is 0 Å². The molecule has 1 aliphatic rings. The number of unbranched alkanes of at least 4 members (excludes halogenated alkanes) is 19. The van der Waals surface area contributed by atoms with E-state index in [9.17, 15) is 35.1 Å². The van der Waals surface area contributed by atoms with Gasteiger partial charge in [0.15, 0.2) is 12.4 Å². The first-order valence-corrected chi connectivity index (χ1v) is 26.7. The quantitative estimate of drug-likeness (QED) is 0.0196. The second-order valence-corrected chi connectivity index (χ2v) is 18.2. The highest BCUT2D eigenvalue weighted by atomic mass is 16.7. The molecule has 8 unspecified atom stereocenters. The molecule has 0 aromatic heterocycles. The zero-order chi connectivity index (χ0) is 49.0. The lowest BCUT2D eigenvalue weighted by atomic mass is 9.99. The van der Waals surface area contributed by atoms with Crippen LogP contribution in [0.2, 0.25) is 0 Å². The first-order valence-electron chi connectivity index (χ1n) is 26.7. The van der Waals surface area contributed by atoms with Crippen LogP contribution in [0.4, 0.5) is 0 Å². The largest absolute Gasteiger partial charge is 0.454 e. The molecule has 1 heterocycles. The summed E-state index contributed by atoms with van der Waals surface area (Å²) in [5, 5.41) is 56.6. The van der Waals surface area contributed by atoms with Gasteiger partial charge in [0.25, 0.3) is 0 Å². The fraction of sp³-hybridized carbons (Fsp3) is 0.750. The zero-order valence-electron chi connectivity index (χ0n) is 42.2. The van der Waals surface area contributed by atoms with E-state index in [0.29, 0.717) is 12.8 Å². The Balaban J connectivity index is 2.78. The Morgan fingerprint density at radius 3 is 1.61 bits per heavy atom. The second-order valence-electron chi connectivity index (χ2n) is 18.2. The summed E-state index contributed by atoms with van der Waals surface area (Å²) < 4.78 is 17.5. The van der Waals surface area contributed by atoms with E-state index >= 15 is 0 Å². The summed E-state index contributed by atoms with van der Waals surface area (Å²) in [6.07, 6.45) is 43.8. The maximum absolute atomic E-state index is 13.3. The van der Waals surface area contributed by atoms with Crippen LogP contribution in [-0.2, 0) is 23.8 Å². The van der Waals surface area contributed by atoms with Crippen LogP contribution < -0.4 is 5.32 Å². The molecule has 386 valence electrons. The standard InChI is InChI=1S/C56H97NO10/c1-4-7-10-13-16-19-22-24-26-29-32-35-38-41-44-51(61)67-54-53(63)52(62)50(45-58)66-56(54)65-46-47(48(59)42-39-36-33-30-27-21-18-15-12-9-6-3)57-55(64)49(60)43-40-37-34-31-28-25-23-20-17-14-11-8-5-2/h7-8,10-11,16-17,19-20,25,28,39,42,47-50,52-54,56,58-60,62-63H,4-6,9,12-15,18,21-24,26-27,29-38,40-41,43-46H2,1-3H3,(H,57,64)/b10-7+,11-8+,19-16+,20-17+,28-25+,42-39+. The summed E-state index contributed by atoms with van der Waals surface area (Å²) in [6, 6.07) is -1.04. The van der Waals surface area contributed by atoms with Gasteiger partial charge in [0.2, 0.25) is 5.91 Å². The van der Waals surface area contributed by atoms with Crippen molar-refractivity contribution in [3.63, 3.8) is 0 Å². The van der Waals surface area contributed by atoms with Crippen molar-refractivity contribution >= 4 is 11.9 Å². The van der Waals surface area contributed by atoms with Crippen molar-refractivity contribution in [2.24, 2.45) is 0 Å². The number of amides is 1. The molecule has 6 N–H and O–H groups in total. The first-order chi connectivity index (χ1) is 32.7. The lowest BCUT2D eigenvalue weighted by Gasteiger charge is -2.41. The summed E-state index contributed by atoms with van der Waals surface area (Å²) in [5.74, 6) is -1.23. The smallest absolute Gasteiger partial charge is 0.306 e. The molecule has 67 heavy (non-hydrogen) atoms. The number of esters is 1. The third-order valence-corrected chi connectivity index (χ3v) is 12.1. The molecular weight excluding hydrogens is 847 g/mol. The highest BCUT2D eigenvalue weighted by Crippen LogP contribution is 2.26. The van der Waals surface area contributed by atoms with Gasteiger partial charge in [0, 0.05) is 6.42 Å². The molecule has 1 fully saturated rings. The third kappa shape index (κ3) is 33.3. The summed E-state index contributed by atoms with van der Waals surface area (Å²) in [6.45, 7) is 5.50. The van der Waals surface area contributed by atoms with Crippen LogP contribution in [0, 0.1) is 0 Å². The lowest BCUT2D eigenvalue weighted by Crippen LogP contribution is -2.61. The molecule has 11 nitrogen and oxygen atoms in total. The Morgan fingerprint density at radius 2 is 1.07 bits per heavy atom. The normalized spacial score (nSPS) is 20.6. The number of aliphatic hydroxyl groups excluding tert-OH is 5. The third-order valence-electron chi connectivity index (χ3n) is 12.1. The molecule has 8 atom stereocenters. The van der Waals surface area contributed by atoms with E-state index in [1.807, 2.05) is 6.08 Å². The lowest BCUT2D eigenvalue weighted by molar-refractivity contribution is -0.305. The predicted molar refractivity (Wildman–Crippen MR) is 273 cm³/mol. The van der Waals surface area contributed by atoms with Crippen LogP contribution in [0.1, 0.15) is 207 Å². The number of carbonyl (C=O) groups is 2. The molecule has 0 radical (unpaired) electrons. The number of carbonyl (C=O) groups excluding carboxylic acids is 2. The molecule has 0 saturated carbocycles. The van der Waals surface area contributed by atoms with Gasteiger partial charge < -0.3 is 45.1 Å². The minimum atomic E-state index is -1.62. The van der Waals surface area contributed by atoms with E-state index in [-0.39, 0.29) is 19.4 Å². The molecule has 11 heteroatoms. The van der Waals surface area contributed by atoms with E-state index in [4.69, 9.17) is 14.2 Å². The van der Waals surface area contributed by atoms with Crippen LogP contribution in [0.5, 0.6) is 0 Å². The molecular formula is C56H97NO10. The number of aliphatic hydroxyl groups is 5. The summed E-state index contributed by atoms with van der Waals surface area (Å²) in [5.41, 5.74) is 0. The Labute approximate surface area is 407 Å². The van der Waals surface area contributed by atoms with E-state index in [2.05, 4.69) is 86.8 Å². The van der Waals surface area contributed by atoms with Gasteiger partial charge in [-0.05, 0) is 83.5 Å². The fourth-order valence-electron chi connectivity index (χ4n) is 7.88. The number of ether oxygens (including phenoxy) is 3. The molecule has 0 aromatic rings. The Bertz CT molecular complexity index is 1360. The first kappa shape index (κ1) is 62.1. The molecule has 0 spiro atoms. The number of nitrogens with one attached hydrogen (secondary N) is 1. The average Bonchev–Trinajstić information content (AvgIpc) is 3.32. The summed E-state index contributed by atoms with van der Waals surface area (Å²) in [4.78, 5) is 26.3. The van der Waals surface area contributed by atoms with Gasteiger partial charge >= 0.3 is 5.97 Å². The molecule has 1 amide bonds. The Hall–Kier alpha value is -2.90. The van der Waals surface area contributed by atoms with Gasteiger partial charge in [-0.1, -0.05) is 190 Å². The van der Waals surface area contributed by atoms with Gasteiger partial charge in [0.1, 0.15) is 24.4 Å². The van der Waals surface area contributed by atoms with Crippen LogP contribution in [0.25, 0.3) is 0 Å². The molecule has 1 rings (SSSR count). The van der Waals surface area contributed by atoms with Crippen molar-refractivity contribution in [2.75, 3.05) is 13.2 Å². The van der Waals surface area contributed by atoms with Gasteiger partial charge in [-0.3, -0.25) is 9.59 Å². The highest BCUT2D eigenvalue weighted by Gasteiger charge is 2.47. The highest BCUT2D eigenvalue weighted by molar-refractivity contribution is 5.80. The summed E-state index contributed by atoms with van der Waals surface area (Å²) in [7, 11) is 0. The van der Waals surface area contributed by atoms with Crippen molar-refractivity contribution in [1.82, 2.24) is 5.32 Å². The summed E-state index contributed by atoms with van der Waals surface area (Å²) >= 11 is 0. The average molecular weight is 944 g/mol. The molecule has 1 saturated heterocycles. The molecule has 0 bridgehead atoms. The fourth-order valence-corrected chi connectivity index (χ4v) is 7.88. The second kappa shape index (κ2) is 44.3. The number of allylic oxidation sites excluding steroid dienone is 11. The van der Waals surface area contributed by atoms with Crippen molar-refractivity contribution in [3.8, 4) is 0 Å². The van der Waals surface area contributed by atoms with Gasteiger partial charge in [-0.15, -0.1) is 0 Å². The van der Waals surface area contributed by atoms with E-state index in [1.54, 1.807) is 6.08 Å². The molecule has 1 aliphatic heterocycles. The number of hydrogen-bond donors (Lipinski definition) is 6. The van der Waals surface area contributed by atoms with E-state index < -0.39 is 67.4 Å². The van der Waals surface area contributed by atoms with Gasteiger partial charge in [0.05, 0.1) is 25.4 Å². The number of rotatable bonds is 43. The van der Waals surface area contributed by atoms with Gasteiger partial charge in [-0.25, -0.2) is 0 Å². The topological polar surface area (TPSA) is 175 Å². The van der Waals surface area contributed by atoms with E-state index in [1.165, 1.54) is 44.9 Å². The van der Waals surface area contributed by atoms with Crippen molar-refractivity contribution in [3.05, 3.63) is 72.9 Å². The molecule has 0 aliphatic carbocycles. The predicted octanol–water partition coefficient (Wildman–Crippen LogP) is 11.3. The zero-order valence-corrected chi connectivity index (χ0v) is 42.2.